The Labute approximate surface area is 723 Å². The molecule has 4 unspecified atom stereocenters. The molecule has 666 valence electrons. The number of halogens is 2. The summed E-state index contributed by atoms with van der Waals surface area (Å²) in [5.41, 5.74) is 11.8. The number of amides is 4. The van der Waals surface area contributed by atoms with Gasteiger partial charge in [-0.3, -0.25) is 24.2 Å². The van der Waals surface area contributed by atoms with Crippen LogP contribution in [0.1, 0.15) is 256 Å². The average Bonchev–Trinajstić information content (AvgIpc) is 1.59. The summed E-state index contributed by atoms with van der Waals surface area (Å²) in [5.74, 6) is -2.80. The van der Waals surface area contributed by atoms with Crippen LogP contribution in [0.25, 0.3) is 0 Å². The molecule has 30 heteroatoms. The van der Waals surface area contributed by atoms with Crippen molar-refractivity contribution in [3.63, 3.8) is 0 Å². The molecule has 3 spiro atoms. The molecule has 7 aromatic rings. The maximum Gasteiger partial charge on any atom is 0.264 e. The zero-order valence-electron chi connectivity index (χ0n) is 74.0. The largest absolute Gasteiger partial charge is 0.391 e. The zero-order valence-corrected chi connectivity index (χ0v) is 74.0. The van der Waals surface area contributed by atoms with Crippen molar-refractivity contribution >= 4 is 46.5 Å². The van der Waals surface area contributed by atoms with Gasteiger partial charge >= 0.3 is 0 Å². The average molecular weight is 1710 g/mol. The van der Waals surface area contributed by atoms with Crippen LogP contribution in [0.5, 0.6) is 0 Å². The number of hydrogen-bond acceptors (Lipinski definition) is 24. The first-order valence-electron chi connectivity index (χ1n) is 44.3. The highest BCUT2D eigenvalue weighted by molar-refractivity contribution is 5.99. The minimum Gasteiger partial charge on any atom is -0.391 e. The van der Waals surface area contributed by atoms with Crippen molar-refractivity contribution in [2.45, 2.75) is 301 Å². The number of alkyl halides is 2. The Balaban J connectivity index is 0.000000128. The van der Waals surface area contributed by atoms with Crippen molar-refractivity contribution in [1.29, 1.82) is 0 Å². The molecule has 4 amide bonds. The third-order valence-electron chi connectivity index (χ3n) is 26.9. The number of carbonyl (C=O) groups is 4. The fraction of sp³-hybridized carbons (Fsp3) is 0.596. The van der Waals surface area contributed by atoms with Crippen LogP contribution in [0.2, 0.25) is 0 Å². The monoisotopic (exact) mass is 1710 g/mol. The summed E-state index contributed by atoms with van der Waals surface area (Å²) >= 11 is 0. The van der Waals surface area contributed by atoms with Gasteiger partial charge in [-0.1, -0.05) is 164 Å². The summed E-state index contributed by atoms with van der Waals surface area (Å²) in [5, 5.41) is 77.0. The van der Waals surface area contributed by atoms with Gasteiger partial charge in [0.1, 0.15) is 53.3 Å². The van der Waals surface area contributed by atoms with E-state index >= 15 is 0 Å². The number of rotatable bonds is 18. The fourth-order valence-electron chi connectivity index (χ4n) is 20.9. The molecule has 0 bridgehead atoms. The molecule has 0 saturated carbocycles. The first kappa shape index (κ1) is 88.8. The molecule has 3 aromatic carbocycles. The molecular weight excluding hydrogens is 1590 g/mol. The van der Waals surface area contributed by atoms with Crippen molar-refractivity contribution in [2.75, 3.05) is 32.7 Å². The normalized spacial score (nSPS) is 27.4. The second-order valence-electron chi connectivity index (χ2n) is 38.5. The van der Waals surface area contributed by atoms with Crippen LogP contribution in [-0.2, 0) is 69.8 Å². The highest BCUT2D eigenvalue weighted by atomic mass is 19.3. The number of hydrazone groups is 1. The first-order valence-corrected chi connectivity index (χ1v) is 44.3. The molecular formula is C94H121F2N13O15. The molecule has 3 aliphatic carbocycles. The number of likely N-dealkylation sites (tertiary alicyclic amines) is 4. The van der Waals surface area contributed by atoms with Gasteiger partial charge in [0.05, 0.1) is 99.7 Å². The van der Waals surface area contributed by atoms with Crippen LogP contribution in [-0.4, -0.2) is 205 Å². The molecule has 4 saturated heterocycles. The number of fused-ring (bicyclic) bond motifs is 6. The molecule has 124 heavy (non-hydrogen) atoms. The highest BCUT2D eigenvalue weighted by Crippen LogP contribution is 2.51. The Bertz CT molecular complexity index is 5010. The number of nitrogens with zero attached hydrogens (tertiary/aromatic N) is 13. The lowest BCUT2D eigenvalue weighted by Crippen LogP contribution is -2.45. The fourth-order valence-corrected chi connectivity index (χ4v) is 20.9. The van der Waals surface area contributed by atoms with E-state index in [9.17, 15) is 48.4 Å². The number of β-amino-alcohol motifs (C(OH)–C–C–N with tert-alkyl or cyclic N) is 4. The van der Waals surface area contributed by atoms with Crippen LogP contribution >= 0.6 is 0 Å². The van der Waals surface area contributed by atoms with Crippen molar-refractivity contribution in [3.8, 4) is 0 Å². The summed E-state index contributed by atoms with van der Waals surface area (Å²) < 4.78 is 49.0. The van der Waals surface area contributed by atoms with Crippen LogP contribution in [0.15, 0.2) is 136 Å². The summed E-state index contributed by atoms with van der Waals surface area (Å²) in [7, 11) is 0. The molecule has 15 atom stereocenters. The number of aryl methyl sites for hydroxylation is 7. The van der Waals surface area contributed by atoms with Gasteiger partial charge in [0, 0.05) is 125 Å². The van der Waals surface area contributed by atoms with Crippen LogP contribution in [0, 0.1) is 51.4 Å². The van der Waals surface area contributed by atoms with E-state index in [1.165, 1.54) is 38.4 Å². The van der Waals surface area contributed by atoms with Crippen molar-refractivity contribution in [1.82, 2.24) is 45.2 Å². The standard InChI is InChI=1S/C25H31N3O4.2C24H29N3O4.C21H32F2N4O3/c1-15(2)23(22-11-16(3)26-31-22)24(30)28-14-18(29)12-21(28)20-13-25(32-27-20)10-6-8-17-7-4-5-9-19(17)25;2*1-14(2)22(21-10-15(3)25-30-21)23(29)27-13-17(28)11-20(27)19-12-24(31-26-19)9-8-16-6-4-5-7-18(16)24;1-12(2)18(17-7-13(3)25-30-17)19(29)26-10-14(28)8-16(26)15-9-20(4,5)27(24-15)11-21(6,22)23/h4-5,7,9,11,15,18,21,23,29H,6,8,10,12-14H2,1-3H3;2*4-7,10,14,17,20,22,28H,8-9,11-13H2,1-3H3;7,12,14,16,18,28H,8-11H2,1-6H3/t18-,21-,23-,25?;17-,20+,22+,24+;17-,20+,22-,24-;/m111./s1. The summed E-state index contributed by atoms with van der Waals surface area (Å²) in [6.45, 7) is 28.4. The van der Waals surface area contributed by atoms with Crippen LogP contribution in [0.3, 0.4) is 0 Å². The number of aromatic nitrogens is 4. The van der Waals surface area contributed by atoms with Gasteiger partial charge in [-0.25, -0.2) is 8.78 Å². The zero-order chi connectivity index (χ0) is 88.4. The summed E-state index contributed by atoms with van der Waals surface area (Å²) in [4.78, 5) is 79.7. The predicted molar refractivity (Wildman–Crippen MR) is 457 cm³/mol. The van der Waals surface area contributed by atoms with Gasteiger partial charge in [0.2, 0.25) is 23.6 Å². The quantitative estimate of drug-likeness (QED) is 0.0620. The van der Waals surface area contributed by atoms with Gasteiger partial charge < -0.3 is 72.6 Å². The molecule has 11 aliphatic rings. The Kier molecular flexibility index (Phi) is 25.4. The summed E-state index contributed by atoms with van der Waals surface area (Å²) in [6.07, 6.45) is 8.49. The SMILES string of the molecule is Cc1cc(C(C(=O)N2CC(O)CC2C2=NN(CC(C)(F)F)C(C)(C)C2)C(C)C)on1.Cc1cc([C@@H](C(=O)N2C[C@H](O)C[C@H]2C2=NO[C@@]3(CCc4ccccc43)C2)C(C)C)on1.Cc1cc([C@H](C(=O)N2C[C@H](O)C[C@@H]2C2=NOC3(CCCc4ccccc43)C2)C(C)C)on1.Cc1cc([C@H](C(=O)N2C[C@H](O)C[C@H]2C2=NO[C@]3(CCc4ccccc43)C2)C(C)C)on1. The number of hydrogen-bond donors (Lipinski definition) is 4. The molecule has 8 aliphatic heterocycles. The second-order valence-corrected chi connectivity index (χ2v) is 38.5. The van der Waals surface area contributed by atoms with E-state index < -0.39 is 88.9 Å². The van der Waals surface area contributed by atoms with Crippen molar-refractivity contribution in [2.24, 2.45) is 44.2 Å². The Morgan fingerprint density at radius 2 is 0.710 bits per heavy atom. The third-order valence-corrected chi connectivity index (χ3v) is 26.9. The Morgan fingerprint density at radius 1 is 0.427 bits per heavy atom. The van der Waals surface area contributed by atoms with Gasteiger partial charge in [0.25, 0.3) is 5.92 Å². The molecule has 4 aromatic heterocycles. The van der Waals surface area contributed by atoms with Gasteiger partial charge in [-0.15, -0.1) is 0 Å². The minimum atomic E-state index is -2.88. The van der Waals surface area contributed by atoms with Gasteiger partial charge in [-0.2, -0.15) is 5.10 Å². The van der Waals surface area contributed by atoms with E-state index in [2.05, 4.69) is 102 Å². The Morgan fingerprint density at radius 3 is 0.992 bits per heavy atom. The Hall–Kier alpha value is -10.0. The third kappa shape index (κ3) is 18.0. The lowest BCUT2D eigenvalue weighted by Gasteiger charge is -2.34. The maximum absolute atomic E-state index is 13.7. The molecule has 18 rings (SSSR count). The van der Waals surface area contributed by atoms with E-state index in [-0.39, 0.29) is 72.0 Å². The van der Waals surface area contributed by atoms with E-state index in [0.29, 0.717) is 105 Å². The van der Waals surface area contributed by atoms with Crippen molar-refractivity contribution in [3.05, 3.63) is 176 Å². The van der Waals surface area contributed by atoms with Crippen molar-refractivity contribution < 1.29 is 81.0 Å². The van der Waals surface area contributed by atoms with E-state index in [1.807, 2.05) is 120 Å². The maximum atomic E-state index is 13.7. The topological polar surface area (TPSA) is 347 Å². The number of aliphatic hydroxyl groups is 4. The summed E-state index contributed by atoms with van der Waals surface area (Å²) in [6, 6.07) is 31.2. The molecule has 28 nitrogen and oxygen atoms in total. The molecule has 0 radical (unpaired) electrons. The van der Waals surface area contributed by atoms with E-state index in [0.717, 1.165) is 86.1 Å². The van der Waals surface area contributed by atoms with Gasteiger partial charge in [0.15, 0.2) is 16.8 Å². The van der Waals surface area contributed by atoms with E-state index in [1.54, 1.807) is 32.6 Å². The van der Waals surface area contributed by atoms with Gasteiger partial charge in [-0.05, 0) is 127 Å². The lowest BCUT2D eigenvalue weighted by atomic mass is 9.76. The number of oxime groups is 3. The predicted octanol–water partition coefficient (Wildman–Crippen LogP) is 13.5. The lowest BCUT2D eigenvalue weighted by molar-refractivity contribution is -0.135. The molecule has 4 fully saturated rings. The molecule has 4 N–H and O–H groups in total. The van der Waals surface area contributed by atoms with Crippen LogP contribution in [0.4, 0.5) is 8.78 Å². The number of benzene rings is 3. The smallest absolute Gasteiger partial charge is 0.264 e. The second kappa shape index (κ2) is 35.4. The highest BCUT2D eigenvalue weighted by Gasteiger charge is 2.56. The molecule has 12 heterocycles. The van der Waals surface area contributed by atoms with Crippen LogP contribution < -0.4 is 0 Å². The first-order chi connectivity index (χ1) is 58.9. The van der Waals surface area contributed by atoms with E-state index in [4.69, 9.17) is 32.6 Å². The number of aliphatic hydroxyl groups excluding tert-OH is 4. The minimum absolute atomic E-state index is 0.0339. The number of carbonyl (C=O) groups excluding carboxylic acids is 4.